The van der Waals surface area contributed by atoms with Gasteiger partial charge in [-0.15, -0.1) is 0 Å². The van der Waals surface area contributed by atoms with E-state index in [9.17, 15) is 0 Å². The Kier molecular flexibility index (Phi) is 4.21. The predicted octanol–water partition coefficient (Wildman–Crippen LogP) is 2.78. The van der Waals surface area contributed by atoms with Crippen LogP contribution in [0.3, 0.4) is 0 Å². The first-order valence-electron chi connectivity index (χ1n) is 6.20. The first kappa shape index (κ1) is 13.6. The Morgan fingerprint density at radius 3 is 2.58 bits per heavy atom. The number of ether oxygens (including phenoxy) is 1. The van der Waals surface area contributed by atoms with Crippen molar-refractivity contribution in [2.75, 3.05) is 5.43 Å². The molecule has 19 heavy (non-hydrogen) atoms. The number of H-pyrrole nitrogens is 1. The summed E-state index contributed by atoms with van der Waals surface area (Å²) in [4.78, 5) is 0. The summed E-state index contributed by atoms with van der Waals surface area (Å²) in [5.41, 5.74) is 4.37. The molecule has 0 saturated carbocycles. The van der Waals surface area contributed by atoms with E-state index in [2.05, 4.69) is 15.6 Å². The molecule has 0 aliphatic rings. The van der Waals surface area contributed by atoms with E-state index in [1.807, 2.05) is 45.0 Å². The van der Waals surface area contributed by atoms with Gasteiger partial charge < -0.3 is 10.2 Å². The van der Waals surface area contributed by atoms with Crippen LogP contribution in [0.2, 0.25) is 0 Å². The number of aromatic nitrogens is 3. The van der Waals surface area contributed by atoms with E-state index in [0.29, 0.717) is 11.3 Å². The SMILES string of the molecule is Cc1n[nH]c(=S)n1NCc1ccc(OC(C)C)cc1. The summed E-state index contributed by atoms with van der Waals surface area (Å²) in [6.45, 7) is 6.59. The van der Waals surface area contributed by atoms with Gasteiger partial charge in [0.25, 0.3) is 0 Å². The van der Waals surface area contributed by atoms with Crippen molar-refractivity contribution in [3.8, 4) is 5.75 Å². The number of benzene rings is 1. The Morgan fingerprint density at radius 1 is 1.37 bits per heavy atom. The van der Waals surface area contributed by atoms with E-state index in [1.54, 1.807) is 4.68 Å². The van der Waals surface area contributed by atoms with Crippen molar-refractivity contribution in [1.29, 1.82) is 0 Å². The van der Waals surface area contributed by atoms with Crippen LogP contribution in [0.25, 0.3) is 0 Å². The molecule has 0 atom stereocenters. The van der Waals surface area contributed by atoms with Crippen molar-refractivity contribution in [3.05, 3.63) is 40.4 Å². The van der Waals surface area contributed by atoms with Gasteiger partial charge in [-0.3, -0.25) is 5.10 Å². The zero-order valence-corrected chi connectivity index (χ0v) is 12.1. The van der Waals surface area contributed by atoms with Crippen LogP contribution >= 0.6 is 12.2 Å². The largest absolute Gasteiger partial charge is 0.491 e. The molecule has 2 rings (SSSR count). The number of aryl methyl sites for hydroxylation is 1. The lowest BCUT2D eigenvalue weighted by atomic mass is 10.2. The Bertz CT molecular complexity index is 585. The minimum absolute atomic E-state index is 0.191. The molecule has 0 unspecified atom stereocenters. The average Bonchev–Trinajstić information content (AvgIpc) is 2.68. The molecule has 0 fully saturated rings. The first-order chi connectivity index (χ1) is 9.06. The zero-order valence-electron chi connectivity index (χ0n) is 11.3. The van der Waals surface area contributed by atoms with Crippen molar-refractivity contribution in [2.24, 2.45) is 0 Å². The van der Waals surface area contributed by atoms with Crippen molar-refractivity contribution < 1.29 is 4.74 Å². The fraction of sp³-hybridized carbons (Fsp3) is 0.385. The van der Waals surface area contributed by atoms with E-state index in [1.165, 1.54) is 0 Å². The Balaban J connectivity index is 1.99. The van der Waals surface area contributed by atoms with Crippen LogP contribution in [0.1, 0.15) is 25.2 Å². The van der Waals surface area contributed by atoms with Crippen LogP contribution in [0, 0.1) is 11.7 Å². The second-order valence-electron chi connectivity index (χ2n) is 4.56. The highest BCUT2D eigenvalue weighted by atomic mass is 32.1. The normalized spacial score (nSPS) is 10.7. The minimum Gasteiger partial charge on any atom is -0.491 e. The molecule has 1 aromatic heterocycles. The molecule has 0 saturated heterocycles. The number of nitrogens with zero attached hydrogens (tertiary/aromatic N) is 2. The van der Waals surface area contributed by atoms with Crippen LogP contribution in [-0.2, 0) is 6.54 Å². The molecule has 0 spiro atoms. The smallest absolute Gasteiger partial charge is 0.214 e. The second-order valence-corrected chi connectivity index (χ2v) is 4.94. The molecule has 102 valence electrons. The van der Waals surface area contributed by atoms with Gasteiger partial charge in [-0.05, 0) is 50.7 Å². The first-order valence-corrected chi connectivity index (χ1v) is 6.60. The lowest BCUT2D eigenvalue weighted by molar-refractivity contribution is 0.242. The van der Waals surface area contributed by atoms with E-state index in [4.69, 9.17) is 17.0 Å². The molecule has 0 aliphatic carbocycles. The maximum Gasteiger partial charge on any atom is 0.214 e. The zero-order chi connectivity index (χ0) is 13.8. The summed E-state index contributed by atoms with van der Waals surface area (Å²) >= 11 is 5.12. The molecular weight excluding hydrogens is 260 g/mol. The maximum atomic E-state index is 5.60. The van der Waals surface area contributed by atoms with Gasteiger partial charge in [0, 0.05) is 0 Å². The van der Waals surface area contributed by atoms with E-state index in [0.717, 1.165) is 17.1 Å². The summed E-state index contributed by atoms with van der Waals surface area (Å²) < 4.78 is 7.93. The van der Waals surface area contributed by atoms with Gasteiger partial charge in [-0.1, -0.05) is 12.1 Å². The van der Waals surface area contributed by atoms with Gasteiger partial charge >= 0.3 is 0 Å². The second kappa shape index (κ2) is 5.88. The number of rotatable bonds is 5. The molecule has 6 heteroatoms. The van der Waals surface area contributed by atoms with Crippen LogP contribution in [0.4, 0.5) is 0 Å². The standard InChI is InChI=1S/C13H18N4OS/c1-9(2)18-12-6-4-11(5-7-12)8-14-17-10(3)15-16-13(17)19/h4-7,9,14H,8H2,1-3H3,(H,16,19). The molecule has 0 aliphatic heterocycles. The topological polar surface area (TPSA) is 54.9 Å². The van der Waals surface area contributed by atoms with Gasteiger partial charge in [0.15, 0.2) is 0 Å². The van der Waals surface area contributed by atoms with E-state index in [-0.39, 0.29) is 6.10 Å². The highest BCUT2D eigenvalue weighted by Gasteiger charge is 2.01. The Hall–Kier alpha value is -1.82. The minimum atomic E-state index is 0.191. The van der Waals surface area contributed by atoms with Crippen molar-refractivity contribution in [3.63, 3.8) is 0 Å². The summed E-state index contributed by atoms with van der Waals surface area (Å²) in [7, 11) is 0. The molecule has 0 amide bonds. The fourth-order valence-corrected chi connectivity index (χ4v) is 1.93. The van der Waals surface area contributed by atoms with E-state index < -0.39 is 0 Å². The van der Waals surface area contributed by atoms with Crippen LogP contribution in [0.15, 0.2) is 24.3 Å². The number of hydrogen-bond acceptors (Lipinski definition) is 4. The van der Waals surface area contributed by atoms with Gasteiger partial charge in [-0.25, -0.2) is 4.68 Å². The summed E-state index contributed by atoms with van der Waals surface area (Å²) in [5.74, 6) is 1.69. The third-order valence-corrected chi connectivity index (χ3v) is 2.85. The fourth-order valence-electron chi connectivity index (χ4n) is 1.69. The summed E-state index contributed by atoms with van der Waals surface area (Å²) in [6.07, 6.45) is 0.191. The number of aromatic amines is 1. The van der Waals surface area contributed by atoms with Crippen LogP contribution in [0.5, 0.6) is 5.75 Å². The quantitative estimate of drug-likeness (QED) is 0.826. The Morgan fingerprint density at radius 2 is 2.05 bits per heavy atom. The highest BCUT2D eigenvalue weighted by molar-refractivity contribution is 7.71. The van der Waals surface area contributed by atoms with Gasteiger partial charge in [0.05, 0.1) is 12.6 Å². The summed E-state index contributed by atoms with van der Waals surface area (Å²) in [6, 6.07) is 8.00. The molecule has 1 heterocycles. The Labute approximate surface area is 117 Å². The molecule has 5 nitrogen and oxygen atoms in total. The third-order valence-electron chi connectivity index (χ3n) is 2.58. The predicted molar refractivity (Wildman–Crippen MR) is 77.4 cm³/mol. The van der Waals surface area contributed by atoms with Gasteiger partial charge in [0.2, 0.25) is 4.77 Å². The monoisotopic (exact) mass is 278 g/mol. The lowest BCUT2D eigenvalue weighted by Gasteiger charge is -2.11. The number of hydrogen-bond donors (Lipinski definition) is 2. The maximum absolute atomic E-state index is 5.60. The highest BCUT2D eigenvalue weighted by Crippen LogP contribution is 2.13. The van der Waals surface area contributed by atoms with Crippen molar-refractivity contribution in [1.82, 2.24) is 14.9 Å². The van der Waals surface area contributed by atoms with Crippen LogP contribution < -0.4 is 10.2 Å². The lowest BCUT2D eigenvalue weighted by Crippen LogP contribution is -2.16. The number of nitrogens with one attached hydrogen (secondary N) is 2. The summed E-state index contributed by atoms with van der Waals surface area (Å²) in [5, 5.41) is 6.78. The van der Waals surface area contributed by atoms with Gasteiger partial charge in [-0.2, -0.15) is 5.10 Å². The molecule has 0 radical (unpaired) electrons. The van der Waals surface area contributed by atoms with Crippen molar-refractivity contribution >= 4 is 12.2 Å². The van der Waals surface area contributed by atoms with Crippen molar-refractivity contribution in [2.45, 2.75) is 33.4 Å². The third kappa shape index (κ3) is 3.57. The van der Waals surface area contributed by atoms with Gasteiger partial charge in [0.1, 0.15) is 11.6 Å². The molecule has 1 aromatic carbocycles. The molecular formula is C13H18N4OS. The van der Waals surface area contributed by atoms with E-state index >= 15 is 0 Å². The van der Waals surface area contributed by atoms with Crippen LogP contribution in [-0.4, -0.2) is 21.0 Å². The molecule has 2 N–H and O–H groups in total. The molecule has 2 aromatic rings. The average molecular weight is 278 g/mol. The molecule has 0 bridgehead atoms.